The molecule has 2 atom stereocenters. The molecule has 2 unspecified atom stereocenters. The van der Waals surface area contributed by atoms with Gasteiger partial charge in [-0.05, 0) is 25.5 Å². The Morgan fingerprint density at radius 1 is 1.47 bits per heavy atom. The van der Waals surface area contributed by atoms with Crippen LogP contribution in [0.15, 0.2) is 24.3 Å². The van der Waals surface area contributed by atoms with Gasteiger partial charge in [-0.15, -0.1) is 11.6 Å². The Morgan fingerprint density at radius 3 is 2.79 bits per heavy atom. The van der Waals surface area contributed by atoms with Crippen molar-refractivity contribution in [3.63, 3.8) is 0 Å². The molecule has 5 heteroatoms. The summed E-state index contributed by atoms with van der Waals surface area (Å²) in [6, 6.07) is 7.31. The number of carbonyl (C=O) groups excluding carboxylic acids is 1. The number of nitrogens with one attached hydrogen (secondary N) is 1. The van der Waals surface area contributed by atoms with Gasteiger partial charge < -0.3 is 14.8 Å². The molecule has 0 radical (unpaired) electrons. The van der Waals surface area contributed by atoms with Gasteiger partial charge in [-0.25, -0.2) is 0 Å². The van der Waals surface area contributed by atoms with E-state index in [0.717, 1.165) is 6.42 Å². The topological polar surface area (TPSA) is 47.6 Å². The number of fused-ring (bicyclic) bond motifs is 1. The van der Waals surface area contributed by atoms with Crippen LogP contribution in [-0.2, 0) is 4.79 Å². The first-order chi connectivity index (χ1) is 9.08. The van der Waals surface area contributed by atoms with E-state index in [-0.39, 0.29) is 12.5 Å². The molecule has 1 amide bonds. The molecule has 0 aromatic heterocycles. The fraction of sp³-hybridized carbons (Fsp3) is 0.500. The van der Waals surface area contributed by atoms with Crippen LogP contribution in [0.3, 0.4) is 0 Å². The van der Waals surface area contributed by atoms with Crippen molar-refractivity contribution in [2.24, 2.45) is 0 Å². The Labute approximate surface area is 118 Å². The van der Waals surface area contributed by atoms with Gasteiger partial charge in [0.15, 0.2) is 11.5 Å². The molecule has 0 aliphatic carbocycles. The predicted molar refractivity (Wildman–Crippen MR) is 73.9 cm³/mol. The van der Waals surface area contributed by atoms with Crippen molar-refractivity contribution in [3.8, 4) is 11.5 Å². The van der Waals surface area contributed by atoms with Gasteiger partial charge in [0.25, 0.3) is 5.91 Å². The number of alkyl halides is 1. The summed E-state index contributed by atoms with van der Waals surface area (Å²) in [7, 11) is 0. The van der Waals surface area contributed by atoms with E-state index in [1.54, 1.807) is 6.07 Å². The Hall–Kier alpha value is -1.42. The second-order valence-electron chi connectivity index (χ2n) is 4.90. The maximum Gasteiger partial charge on any atom is 0.265 e. The molecular weight excluding hydrogens is 266 g/mol. The van der Waals surface area contributed by atoms with Gasteiger partial charge in [0.1, 0.15) is 6.61 Å². The summed E-state index contributed by atoms with van der Waals surface area (Å²) in [4.78, 5) is 12.2. The molecular formula is C14H18ClNO3. The van der Waals surface area contributed by atoms with E-state index in [1.807, 2.05) is 32.0 Å². The summed E-state index contributed by atoms with van der Waals surface area (Å²) in [5.74, 6) is 1.43. The summed E-state index contributed by atoms with van der Waals surface area (Å²) >= 11 is 5.89. The third-order valence-corrected chi connectivity index (χ3v) is 3.89. The summed E-state index contributed by atoms with van der Waals surface area (Å²) in [6.07, 6.45) is 0.121. The molecule has 0 saturated heterocycles. The maximum absolute atomic E-state index is 12.2. The molecule has 1 aromatic carbocycles. The lowest BCUT2D eigenvalue weighted by molar-refractivity contribution is -0.132. The van der Waals surface area contributed by atoms with E-state index in [2.05, 4.69) is 5.32 Å². The van der Waals surface area contributed by atoms with Gasteiger partial charge in [-0.1, -0.05) is 19.1 Å². The van der Waals surface area contributed by atoms with Crippen LogP contribution >= 0.6 is 11.6 Å². The third kappa shape index (κ3) is 3.13. The first kappa shape index (κ1) is 14.0. The molecule has 1 aliphatic heterocycles. The highest BCUT2D eigenvalue weighted by atomic mass is 35.5. The average molecular weight is 284 g/mol. The molecule has 0 spiro atoms. The number of hydrogen-bond acceptors (Lipinski definition) is 3. The lowest BCUT2D eigenvalue weighted by atomic mass is 10.0. The van der Waals surface area contributed by atoms with E-state index >= 15 is 0 Å². The Bertz CT molecular complexity index is 460. The van der Waals surface area contributed by atoms with Crippen LogP contribution in [0.25, 0.3) is 0 Å². The molecule has 1 N–H and O–H groups in total. The lowest BCUT2D eigenvalue weighted by Crippen LogP contribution is -2.54. The minimum atomic E-state index is -0.635. The fourth-order valence-electron chi connectivity index (χ4n) is 1.74. The highest BCUT2D eigenvalue weighted by Crippen LogP contribution is 2.31. The monoisotopic (exact) mass is 283 g/mol. The van der Waals surface area contributed by atoms with Crippen LogP contribution in [0.5, 0.6) is 11.5 Å². The van der Waals surface area contributed by atoms with Crippen molar-refractivity contribution in [2.75, 3.05) is 12.5 Å². The maximum atomic E-state index is 12.2. The summed E-state index contributed by atoms with van der Waals surface area (Å²) in [6.45, 7) is 4.11. The minimum absolute atomic E-state index is 0.195. The van der Waals surface area contributed by atoms with Crippen LogP contribution in [0, 0.1) is 0 Å². The van der Waals surface area contributed by atoms with E-state index < -0.39 is 11.6 Å². The van der Waals surface area contributed by atoms with Crippen molar-refractivity contribution in [1.82, 2.24) is 5.32 Å². The van der Waals surface area contributed by atoms with E-state index in [0.29, 0.717) is 17.4 Å². The number of ether oxygens (including phenoxy) is 2. The summed E-state index contributed by atoms with van der Waals surface area (Å²) in [5, 5.41) is 2.92. The van der Waals surface area contributed by atoms with Crippen molar-refractivity contribution >= 4 is 17.5 Å². The standard InChI is InChI=1S/C14H18ClNO3/c1-3-14(2,9-15)16-13(17)12-8-18-10-6-4-5-7-11(10)19-12/h4-7,12H,3,8-9H2,1-2H3,(H,16,17). The van der Waals surface area contributed by atoms with Crippen LogP contribution in [0.1, 0.15) is 20.3 Å². The zero-order valence-corrected chi connectivity index (χ0v) is 11.9. The number of halogens is 1. The van der Waals surface area contributed by atoms with Crippen LogP contribution < -0.4 is 14.8 Å². The molecule has 19 heavy (non-hydrogen) atoms. The number of para-hydroxylation sites is 2. The van der Waals surface area contributed by atoms with Gasteiger partial charge in [0.05, 0.1) is 5.54 Å². The van der Waals surface area contributed by atoms with Crippen LogP contribution in [-0.4, -0.2) is 30.0 Å². The predicted octanol–water partition coefficient (Wildman–Crippen LogP) is 2.35. The fourth-order valence-corrected chi connectivity index (χ4v) is 2.00. The van der Waals surface area contributed by atoms with Crippen molar-refractivity contribution in [1.29, 1.82) is 0 Å². The van der Waals surface area contributed by atoms with Crippen LogP contribution in [0.4, 0.5) is 0 Å². The normalized spacial score (nSPS) is 20.5. The molecule has 2 rings (SSSR count). The number of benzene rings is 1. The van der Waals surface area contributed by atoms with Gasteiger partial charge in [0.2, 0.25) is 6.10 Å². The molecule has 104 valence electrons. The molecule has 1 aliphatic rings. The van der Waals surface area contributed by atoms with Crippen LogP contribution in [0.2, 0.25) is 0 Å². The average Bonchev–Trinajstić information content (AvgIpc) is 2.46. The highest BCUT2D eigenvalue weighted by Gasteiger charge is 2.32. The van der Waals surface area contributed by atoms with E-state index in [9.17, 15) is 4.79 Å². The number of hydrogen-bond donors (Lipinski definition) is 1. The van der Waals surface area contributed by atoms with Crippen molar-refractivity contribution < 1.29 is 14.3 Å². The smallest absolute Gasteiger partial charge is 0.265 e. The van der Waals surface area contributed by atoms with Gasteiger partial charge in [-0.3, -0.25) is 4.79 Å². The SMILES string of the molecule is CCC(C)(CCl)NC(=O)C1COc2ccccc2O1. The van der Waals surface area contributed by atoms with Crippen molar-refractivity contribution in [3.05, 3.63) is 24.3 Å². The highest BCUT2D eigenvalue weighted by molar-refractivity contribution is 6.18. The first-order valence-electron chi connectivity index (χ1n) is 6.34. The van der Waals surface area contributed by atoms with Gasteiger partial charge in [0, 0.05) is 5.88 Å². The number of amides is 1. The molecule has 4 nitrogen and oxygen atoms in total. The second-order valence-corrected chi connectivity index (χ2v) is 5.17. The molecule has 1 aromatic rings. The second kappa shape index (κ2) is 5.70. The molecule has 0 saturated carbocycles. The largest absolute Gasteiger partial charge is 0.485 e. The first-order valence-corrected chi connectivity index (χ1v) is 6.88. The molecule has 0 fully saturated rings. The third-order valence-electron chi connectivity index (χ3n) is 3.30. The zero-order chi connectivity index (χ0) is 13.9. The molecule has 0 bridgehead atoms. The quantitative estimate of drug-likeness (QED) is 0.863. The number of rotatable bonds is 4. The van der Waals surface area contributed by atoms with E-state index in [1.165, 1.54) is 0 Å². The van der Waals surface area contributed by atoms with E-state index in [4.69, 9.17) is 21.1 Å². The summed E-state index contributed by atoms with van der Waals surface area (Å²) in [5.41, 5.74) is -0.418. The Kier molecular flexibility index (Phi) is 4.20. The Morgan fingerprint density at radius 2 is 2.16 bits per heavy atom. The van der Waals surface area contributed by atoms with Gasteiger partial charge >= 0.3 is 0 Å². The van der Waals surface area contributed by atoms with Gasteiger partial charge in [-0.2, -0.15) is 0 Å². The molecule has 1 heterocycles. The van der Waals surface area contributed by atoms with Crippen molar-refractivity contribution in [2.45, 2.75) is 31.9 Å². The Balaban J connectivity index is 2.03. The zero-order valence-electron chi connectivity index (χ0n) is 11.1. The lowest BCUT2D eigenvalue weighted by Gasteiger charge is -2.31. The minimum Gasteiger partial charge on any atom is -0.485 e. The number of carbonyl (C=O) groups is 1. The summed E-state index contributed by atoms with van der Waals surface area (Å²) < 4.78 is 11.2.